The first-order valence-corrected chi connectivity index (χ1v) is 10.3. The number of amides is 2. The summed E-state index contributed by atoms with van der Waals surface area (Å²) >= 11 is 0. The van der Waals surface area contributed by atoms with Gasteiger partial charge in [0.05, 0.1) is 16.8 Å². The number of imide groups is 1. The van der Waals surface area contributed by atoms with Crippen LogP contribution >= 0.6 is 21.6 Å². The lowest BCUT2D eigenvalue weighted by Crippen LogP contribution is -2.29. The van der Waals surface area contributed by atoms with Gasteiger partial charge in [-0.2, -0.15) is 0 Å². The maximum Gasteiger partial charge on any atom is 0.266 e. The van der Waals surface area contributed by atoms with Crippen LogP contribution in [0.2, 0.25) is 0 Å². The lowest BCUT2D eigenvalue weighted by Gasteiger charge is -2.14. The highest BCUT2D eigenvalue weighted by Crippen LogP contribution is 2.34. The zero-order valence-corrected chi connectivity index (χ0v) is 15.4. The predicted molar refractivity (Wildman–Crippen MR) is 102 cm³/mol. The van der Waals surface area contributed by atoms with Gasteiger partial charge in [0.2, 0.25) is 0 Å². The predicted octanol–water partition coefficient (Wildman–Crippen LogP) is 5.34. The maximum atomic E-state index is 12.6. The molecule has 5 heteroatoms. The van der Waals surface area contributed by atoms with Crippen LogP contribution in [0, 0.1) is 6.92 Å². The van der Waals surface area contributed by atoms with E-state index in [1.54, 1.807) is 22.9 Å². The maximum absolute atomic E-state index is 12.6. The summed E-state index contributed by atoms with van der Waals surface area (Å²) in [5.74, 6) is 0.643. The van der Waals surface area contributed by atoms with Crippen molar-refractivity contribution in [2.45, 2.75) is 31.6 Å². The quantitative estimate of drug-likeness (QED) is 0.397. The molecule has 1 aliphatic rings. The number of anilines is 1. The Morgan fingerprint density at radius 1 is 0.958 bits per heavy atom. The van der Waals surface area contributed by atoms with Gasteiger partial charge in [-0.15, -0.1) is 0 Å². The van der Waals surface area contributed by atoms with Crippen LogP contribution < -0.4 is 4.90 Å². The Morgan fingerprint density at radius 3 is 2.38 bits per heavy atom. The van der Waals surface area contributed by atoms with Crippen molar-refractivity contribution in [2.24, 2.45) is 0 Å². The van der Waals surface area contributed by atoms with E-state index in [1.807, 2.05) is 48.0 Å². The highest BCUT2D eigenvalue weighted by molar-refractivity contribution is 8.76. The number of nitrogens with zero attached hydrogens (tertiary/aromatic N) is 1. The number of aryl methyl sites for hydroxylation is 1. The molecule has 0 saturated carbocycles. The van der Waals surface area contributed by atoms with Crippen molar-refractivity contribution in [1.29, 1.82) is 0 Å². The molecule has 0 saturated heterocycles. The first-order valence-electron chi connectivity index (χ1n) is 8.01. The van der Waals surface area contributed by atoms with Crippen LogP contribution in [0.1, 0.15) is 46.0 Å². The van der Waals surface area contributed by atoms with Crippen molar-refractivity contribution < 1.29 is 9.59 Å². The molecule has 0 spiro atoms. The molecular weight excluding hydrogens is 338 g/mol. The molecule has 0 atom stereocenters. The number of hydrogen-bond acceptors (Lipinski definition) is 4. The van der Waals surface area contributed by atoms with Gasteiger partial charge in [-0.25, -0.2) is 4.90 Å². The van der Waals surface area contributed by atoms with E-state index in [0.29, 0.717) is 16.8 Å². The molecule has 0 N–H and O–H groups in total. The standard InChI is InChI=1S/C19H19NO2S2/c1-3-4-11-23-24-15-8-6-14(7-9-15)20-18(21)16-10-5-13(2)12-17(16)19(20)22/h5-10,12H,3-4,11H2,1-2H3. The monoisotopic (exact) mass is 357 g/mol. The number of rotatable bonds is 6. The van der Waals surface area contributed by atoms with Crippen LogP contribution in [0.25, 0.3) is 0 Å². The fourth-order valence-corrected chi connectivity index (χ4v) is 4.77. The molecule has 1 heterocycles. The van der Waals surface area contributed by atoms with Crippen LogP contribution in [0.4, 0.5) is 5.69 Å². The van der Waals surface area contributed by atoms with Gasteiger partial charge in [-0.3, -0.25) is 9.59 Å². The van der Waals surface area contributed by atoms with Crippen molar-refractivity contribution >= 4 is 39.1 Å². The molecule has 0 bridgehead atoms. The molecule has 0 aromatic heterocycles. The van der Waals surface area contributed by atoms with Gasteiger partial charge < -0.3 is 0 Å². The highest BCUT2D eigenvalue weighted by atomic mass is 33.1. The Labute approximate surface area is 150 Å². The summed E-state index contributed by atoms with van der Waals surface area (Å²) in [6.45, 7) is 4.10. The van der Waals surface area contributed by atoms with Crippen LogP contribution in [-0.2, 0) is 0 Å². The molecule has 0 aliphatic carbocycles. The first-order chi connectivity index (χ1) is 11.6. The third kappa shape index (κ3) is 3.37. The number of unbranched alkanes of at least 4 members (excludes halogenated alkanes) is 1. The van der Waals surface area contributed by atoms with E-state index < -0.39 is 0 Å². The van der Waals surface area contributed by atoms with Crippen molar-refractivity contribution in [3.8, 4) is 0 Å². The number of carbonyl (C=O) groups is 2. The largest absolute Gasteiger partial charge is 0.268 e. The van der Waals surface area contributed by atoms with E-state index in [9.17, 15) is 9.59 Å². The fourth-order valence-electron chi connectivity index (χ4n) is 2.55. The smallest absolute Gasteiger partial charge is 0.266 e. The van der Waals surface area contributed by atoms with Crippen LogP contribution in [-0.4, -0.2) is 17.6 Å². The minimum Gasteiger partial charge on any atom is -0.268 e. The van der Waals surface area contributed by atoms with Gasteiger partial charge in [0, 0.05) is 10.6 Å². The molecule has 24 heavy (non-hydrogen) atoms. The second-order valence-corrected chi connectivity index (χ2v) is 8.24. The topological polar surface area (TPSA) is 37.4 Å². The number of hydrogen-bond donors (Lipinski definition) is 0. The van der Waals surface area contributed by atoms with Gasteiger partial charge in [0.15, 0.2) is 0 Å². The molecule has 3 nitrogen and oxygen atoms in total. The molecular formula is C19H19NO2S2. The van der Waals surface area contributed by atoms with Gasteiger partial charge in [0.1, 0.15) is 0 Å². The molecule has 1 aliphatic heterocycles. The number of fused-ring (bicyclic) bond motifs is 1. The van der Waals surface area contributed by atoms with Gasteiger partial charge in [-0.1, -0.05) is 46.6 Å². The van der Waals surface area contributed by atoms with Gasteiger partial charge in [0.25, 0.3) is 11.8 Å². The minimum absolute atomic E-state index is 0.239. The third-order valence-electron chi connectivity index (χ3n) is 3.87. The second-order valence-electron chi connectivity index (χ2n) is 5.75. The Hall–Kier alpha value is -1.72. The van der Waals surface area contributed by atoms with E-state index >= 15 is 0 Å². The first kappa shape index (κ1) is 17.1. The lowest BCUT2D eigenvalue weighted by atomic mass is 10.1. The average Bonchev–Trinajstić information content (AvgIpc) is 2.83. The van der Waals surface area contributed by atoms with Crippen LogP contribution in [0.15, 0.2) is 47.4 Å². The summed E-state index contributed by atoms with van der Waals surface area (Å²) in [4.78, 5) is 27.5. The zero-order valence-electron chi connectivity index (χ0n) is 13.7. The summed E-state index contributed by atoms with van der Waals surface area (Å²) in [6.07, 6.45) is 2.41. The number of carbonyl (C=O) groups excluding carboxylic acids is 2. The second kappa shape index (κ2) is 7.45. The summed E-state index contributed by atoms with van der Waals surface area (Å²) in [5.41, 5.74) is 2.59. The Morgan fingerprint density at radius 2 is 1.67 bits per heavy atom. The van der Waals surface area contributed by atoms with Gasteiger partial charge in [-0.05, 0) is 49.7 Å². The third-order valence-corrected chi connectivity index (χ3v) is 6.34. The molecule has 124 valence electrons. The molecule has 0 unspecified atom stereocenters. The van der Waals surface area contributed by atoms with Gasteiger partial charge >= 0.3 is 0 Å². The SMILES string of the molecule is CCCCSSc1ccc(N2C(=O)c3ccc(C)cc3C2=O)cc1. The zero-order chi connectivity index (χ0) is 17.1. The van der Waals surface area contributed by atoms with Crippen molar-refractivity contribution in [1.82, 2.24) is 0 Å². The summed E-state index contributed by atoms with van der Waals surface area (Å²) in [5, 5.41) is 0. The van der Waals surface area contributed by atoms with E-state index in [-0.39, 0.29) is 11.8 Å². The minimum atomic E-state index is -0.243. The number of benzene rings is 2. The summed E-state index contributed by atoms with van der Waals surface area (Å²) in [6, 6.07) is 13.0. The van der Waals surface area contributed by atoms with E-state index in [4.69, 9.17) is 0 Å². The summed E-state index contributed by atoms with van der Waals surface area (Å²) in [7, 11) is 3.56. The molecule has 3 rings (SSSR count). The molecule has 2 amide bonds. The van der Waals surface area contributed by atoms with E-state index in [2.05, 4.69) is 6.92 Å². The van der Waals surface area contributed by atoms with Crippen molar-refractivity contribution in [2.75, 3.05) is 10.7 Å². The Kier molecular flexibility index (Phi) is 5.31. The molecule has 0 radical (unpaired) electrons. The molecule has 2 aromatic carbocycles. The average molecular weight is 358 g/mol. The lowest BCUT2D eigenvalue weighted by molar-refractivity contribution is 0.0926. The van der Waals surface area contributed by atoms with Crippen LogP contribution in [0.3, 0.4) is 0 Å². The van der Waals surface area contributed by atoms with E-state index in [0.717, 1.165) is 16.2 Å². The van der Waals surface area contributed by atoms with Crippen molar-refractivity contribution in [3.63, 3.8) is 0 Å². The molecule has 0 fully saturated rings. The van der Waals surface area contributed by atoms with Crippen molar-refractivity contribution in [3.05, 3.63) is 59.2 Å². The highest BCUT2D eigenvalue weighted by Gasteiger charge is 2.36. The Bertz CT molecular complexity index is 771. The van der Waals surface area contributed by atoms with E-state index in [1.165, 1.54) is 17.7 Å². The fraction of sp³-hybridized carbons (Fsp3) is 0.263. The Balaban J connectivity index is 1.76. The normalized spacial score (nSPS) is 13.5. The summed E-state index contributed by atoms with van der Waals surface area (Å²) < 4.78 is 0. The van der Waals surface area contributed by atoms with Crippen LogP contribution in [0.5, 0.6) is 0 Å². The molecule has 2 aromatic rings.